The zero-order valence-electron chi connectivity index (χ0n) is 6.32. The van der Waals surface area contributed by atoms with Crippen LogP contribution in [0.4, 0.5) is 0 Å². The Balaban J connectivity index is 0.000000640. The van der Waals surface area contributed by atoms with Gasteiger partial charge in [-0.3, -0.25) is 0 Å². The van der Waals surface area contributed by atoms with E-state index in [1.807, 2.05) is 0 Å². The van der Waals surface area contributed by atoms with Crippen LogP contribution in [0.5, 0.6) is 0 Å². The van der Waals surface area contributed by atoms with Crippen molar-refractivity contribution < 1.29 is 16.5 Å². The summed E-state index contributed by atoms with van der Waals surface area (Å²) in [6.07, 6.45) is 0. The summed E-state index contributed by atoms with van der Waals surface area (Å²) in [5.41, 5.74) is 5.95. The monoisotopic (exact) mass is 166 g/mol. The quantitative estimate of drug-likeness (QED) is 0.486. The number of rotatable bonds is 0. The molecule has 0 aromatic carbocycles. The van der Waals surface area contributed by atoms with Crippen molar-refractivity contribution in [3.63, 3.8) is 0 Å². The molecular weight excluding hydrogens is 155 g/mol. The van der Waals surface area contributed by atoms with Crippen LogP contribution in [0.3, 0.4) is 0 Å². The standard InChI is InChI=1S/C8H12.Ni/c1-5-6(2)8(4)7(5)3;/h1-4H3;. The Bertz CT molecular complexity index is 132. The summed E-state index contributed by atoms with van der Waals surface area (Å²) >= 11 is 0. The van der Waals surface area contributed by atoms with Gasteiger partial charge in [0, 0.05) is 16.5 Å². The van der Waals surface area contributed by atoms with E-state index in [0.717, 1.165) is 0 Å². The average molecular weight is 167 g/mol. The molecule has 54 valence electrons. The molecule has 0 atom stereocenters. The minimum atomic E-state index is 0. The van der Waals surface area contributed by atoms with Crippen molar-refractivity contribution in [2.45, 2.75) is 27.7 Å². The smallest absolute Gasteiger partial charge is 0 e. The third-order valence-electron chi connectivity index (χ3n) is 2.25. The van der Waals surface area contributed by atoms with Gasteiger partial charge in [0.1, 0.15) is 0 Å². The maximum absolute atomic E-state index is 2.18. The van der Waals surface area contributed by atoms with Gasteiger partial charge in [-0.1, -0.05) is 0 Å². The van der Waals surface area contributed by atoms with Crippen molar-refractivity contribution in [3.8, 4) is 0 Å². The Morgan fingerprint density at radius 2 is 0.667 bits per heavy atom. The van der Waals surface area contributed by atoms with E-state index in [-0.39, 0.29) is 16.5 Å². The molecule has 0 radical (unpaired) electrons. The van der Waals surface area contributed by atoms with Crippen molar-refractivity contribution in [1.29, 1.82) is 0 Å². The molecule has 0 fully saturated rings. The molecule has 0 spiro atoms. The fourth-order valence-corrected chi connectivity index (χ4v) is 1.06. The molecule has 0 nitrogen and oxygen atoms in total. The molecule has 9 heavy (non-hydrogen) atoms. The van der Waals surface area contributed by atoms with E-state index in [2.05, 4.69) is 27.7 Å². The third-order valence-corrected chi connectivity index (χ3v) is 2.25. The summed E-state index contributed by atoms with van der Waals surface area (Å²) in [6, 6.07) is 0. The van der Waals surface area contributed by atoms with Crippen LogP contribution in [0.15, 0.2) is 22.3 Å². The first-order valence-electron chi connectivity index (χ1n) is 3.00. The Hall–Kier alpha value is -0.0265. The summed E-state index contributed by atoms with van der Waals surface area (Å²) in [6.45, 7) is 8.71. The van der Waals surface area contributed by atoms with E-state index < -0.39 is 0 Å². The van der Waals surface area contributed by atoms with Crippen LogP contribution in [0.2, 0.25) is 0 Å². The Morgan fingerprint density at radius 3 is 0.778 bits per heavy atom. The van der Waals surface area contributed by atoms with Crippen LogP contribution in [0, 0.1) is 0 Å². The van der Waals surface area contributed by atoms with E-state index in [4.69, 9.17) is 0 Å². The topological polar surface area (TPSA) is 0 Å². The zero-order chi connectivity index (χ0) is 6.31. The van der Waals surface area contributed by atoms with E-state index in [1.165, 1.54) is 22.3 Å². The first-order valence-corrected chi connectivity index (χ1v) is 3.00. The van der Waals surface area contributed by atoms with Crippen LogP contribution in [0.1, 0.15) is 27.7 Å². The van der Waals surface area contributed by atoms with Gasteiger partial charge in [-0.15, -0.1) is 0 Å². The minimum Gasteiger partial charge on any atom is -0.0447 e. The Kier molecular flexibility index (Phi) is 2.70. The maximum atomic E-state index is 2.18. The fraction of sp³-hybridized carbons (Fsp3) is 0.500. The SMILES string of the molecule is CC1=C(C)C(C)=C1C.[Ni]. The normalized spacial score (nSPS) is 17.3. The minimum absolute atomic E-state index is 0. The summed E-state index contributed by atoms with van der Waals surface area (Å²) in [5.74, 6) is 0. The van der Waals surface area contributed by atoms with E-state index in [0.29, 0.717) is 0 Å². The van der Waals surface area contributed by atoms with Gasteiger partial charge in [0.25, 0.3) is 0 Å². The number of hydrogen-bond donors (Lipinski definition) is 0. The molecule has 0 unspecified atom stereocenters. The molecule has 1 rings (SSSR count). The van der Waals surface area contributed by atoms with Crippen LogP contribution in [-0.2, 0) is 16.5 Å². The van der Waals surface area contributed by atoms with Crippen LogP contribution in [-0.4, -0.2) is 0 Å². The van der Waals surface area contributed by atoms with Gasteiger partial charge < -0.3 is 0 Å². The second-order valence-corrected chi connectivity index (χ2v) is 2.50. The van der Waals surface area contributed by atoms with Gasteiger partial charge in [-0.2, -0.15) is 0 Å². The number of hydrogen-bond acceptors (Lipinski definition) is 0. The van der Waals surface area contributed by atoms with Crippen molar-refractivity contribution in [2.75, 3.05) is 0 Å². The predicted molar refractivity (Wildman–Crippen MR) is 36.7 cm³/mol. The molecular formula is C8H12Ni. The molecule has 0 N–H and O–H groups in total. The first kappa shape index (κ1) is 8.97. The van der Waals surface area contributed by atoms with Crippen molar-refractivity contribution in [2.24, 2.45) is 0 Å². The fourth-order valence-electron chi connectivity index (χ4n) is 1.06. The van der Waals surface area contributed by atoms with Crippen LogP contribution >= 0.6 is 0 Å². The van der Waals surface area contributed by atoms with Crippen LogP contribution < -0.4 is 0 Å². The summed E-state index contributed by atoms with van der Waals surface area (Å²) in [4.78, 5) is 0. The van der Waals surface area contributed by atoms with Crippen molar-refractivity contribution in [1.82, 2.24) is 0 Å². The number of allylic oxidation sites excluding steroid dienone is 4. The molecule has 0 aromatic rings. The second-order valence-electron chi connectivity index (χ2n) is 2.50. The largest absolute Gasteiger partial charge is 0.0447 e. The molecule has 0 bridgehead atoms. The molecule has 0 amide bonds. The summed E-state index contributed by atoms with van der Waals surface area (Å²) < 4.78 is 0. The van der Waals surface area contributed by atoms with E-state index in [1.54, 1.807) is 0 Å². The molecule has 0 aromatic heterocycles. The Morgan fingerprint density at radius 1 is 0.556 bits per heavy atom. The zero-order valence-corrected chi connectivity index (χ0v) is 7.30. The molecule has 1 aliphatic carbocycles. The third kappa shape index (κ3) is 1.12. The maximum Gasteiger partial charge on any atom is 0 e. The molecule has 1 aliphatic rings. The van der Waals surface area contributed by atoms with Crippen molar-refractivity contribution >= 4 is 0 Å². The Labute approximate surface area is 67.0 Å². The van der Waals surface area contributed by atoms with E-state index >= 15 is 0 Å². The molecule has 0 saturated carbocycles. The molecule has 0 aliphatic heterocycles. The van der Waals surface area contributed by atoms with Gasteiger partial charge in [0.15, 0.2) is 0 Å². The van der Waals surface area contributed by atoms with Crippen molar-refractivity contribution in [3.05, 3.63) is 22.3 Å². The van der Waals surface area contributed by atoms with Gasteiger partial charge in [-0.05, 0) is 50.0 Å². The summed E-state index contributed by atoms with van der Waals surface area (Å²) in [5, 5.41) is 0. The summed E-state index contributed by atoms with van der Waals surface area (Å²) in [7, 11) is 0. The van der Waals surface area contributed by atoms with Gasteiger partial charge in [0.05, 0.1) is 0 Å². The molecule has 0 heterocycles. The van der Waals surface area contributed by atoms with E-state index in [9.17, 15) is 0 Å². The molecule has 1 heteroatoms. The van der Waals surface area contributed by atoms with Gasteiger partial charge >= 0.3 is 0 Å². The van der Waals surface area contributed by atoms with Crippen LogP contribution in [0.25, 0.3) is 0 Å². The molecule has 0 saturated heterocycles. The second kappa shape index (κ2) is 2.70. The van der Waals surface area contributed by atoms with Gasteiger partial charge in [-0.25, -0.2) is 0 Å². The average Bonchev–Trinajstić information content (AvgIpc) is 1.83. The van der Waals surface area contributed by atoms with Gasteiger partial charge in [0.2, 0.25) is 0 Å². The predicted octanol–water partition coefficient (Wildman–Crippen LogP) is 2.67. The first-order chi connectivity index (χ1) is 3.64.